The van der Waals surface area contributed by atoms with Crippen LogP contribution in [0.2, 0.25) is 19.1 Å². The Hall–Kier alpha value is -0.303. The van der Waals surface area contributed by atoms with Gasteiger partial charge in [0.25, 0.3) is 0 Å². The highest BCUT2D eigenvalue weighted by Gasteiger charge is 2.20. The molecule has 0 aromatic rings. The van der Waals surface area contributed by atoms with Gasteiger partial charge in [0.1, 0.15) is 0 Å². The zero-order valence-electron chi connectivity index (χ0n) is 14.5. The van der Waals surface area contributed by atoms with Crippen LogP contribution < -0.4 is 0 Å². The lowest BCUT2D eigenvalue weighted by atomic mass is 9.85. The van der Waals surface area contributed by atoms with Crippen molar-refractivity contribution in [3.05, 3.63) is 23.3 Å². The highest BCUT2D eigenvalue weighted by molar-refractivity contribution is 6.56. The summed E-state index contributed by atoms with van der Waals surface area (Å²) >= 11 is 0. The van der Waals surface area contributed by atoms with Gasteiger partial charge in [-0.25, -0.2) is 0 Å². The molecule has 0 heterocycles. The Balaban J connectivity index is 1.96. The van der Waals surface area contributed by atoms with E-state index in [-0.39, 0.29) is 0 Å². The molecule has 120 valence electrons. The fraction of sp³-hybridized carbons (Fsp3) is 0.800. The normalized spacial score (nSPS) is 23.4. The summed E-state index contributed by atoms with van der Waals surface area (Å²) in [7, 11) is -0.475. The monoisotopic (exact) mass is 304 g/mol. The van der Waals surface area contributed by atoms with Gasteiger partial charge in [-0.15, -0.1) is 0 Å². The van der Waals surface area contributed by atoms with Gasteiger partial charge in [0.05, 0.1) is 0 Å². The Bertz CT molecular complexity index is 339. The van der Waals surface area contributed by atoms with Crippen molar-refractivity contribution in [3.63, 3.8) is 0 Å². The largest absolute Gasteiger partial charge is 0.0802 e. The van der Waals surface area contributed by atoms with Crippen LogP contribution in [0.25, 0.3) is 0 Å². The molecule has 0 radical (unpaired) electrons. The van der Waals surface area contributed by atoms with Crippen molar-refractivity contribution >= 4 is 8.80 Å². The van der Waals surface area contributed by atoms with Crippen molar-refractivity contribution in [2.75, 3.05) is 0 Å². The first-order chi connectivity index (χ1) is 10.3. The summed E-state index contributed by atoms with van der Waals surface area (Å²) in [5.41, 5.74) is 3.61. The second-order valence-corrected chi connectivity index (χ2v) is 10.9. The summed E-state index contributed by atoms with van der Waals surface area (Å²) in [6, 6.07) is 1.43. The molecule has 0 unspecified atom stereocenters. The Morgan fingerprint density at radius 2 is 1.38 bits per heavy atom. The van der Waals surface area contributed by atoms with Crippen molar-refractivity contribution in [2.24, 2.45) is 5.92 Å². The third-order valence-corrected chi connectivity index (χ3v) is 6.55. The fourth-order valence-corrected chi connectivity index (χ4v) is 5.42. The first-order valence-corrected chi connectivity index (χ1v) is 12.8. The molecule has 1 fully saturated rings. The van der Waals surface area contributed by atoms with Crippen LogP contribution in [0.3, 0.4) is 0 Å². The molecule has 0 aromatic heterocycles. The molecule has 2 aliphatic carbocycles. The minimum Gasteiger partial charge on any atom is -0.0802 e. The maximum atomic E-state index is 2.50. The lowest BCUT2D eigenvalue weighted by Crippen LogP contribution is -2.08. The molecule has 2 aliphatic rings. The molecule has 0 nitrogen and oxygen atoms in total. The Morgan fingerprint density at radius 3 is 1.90 bits per heavy atom. The molecular weight excluding hydrogens is 268 g/mol. The highest BCUT2D eigenvalue weighted by atomic mass is 28.3. The molecule has 2 rings (SSSR count). The standard InChI is InChI=1S/C20H36Si/c1-21(2)17-19-15-12-16-20(19)18-13-10-8-6-4-3-5-7-9-11-14-18/h12,15,18,21H,3-11,13-14,16-17H2,1-2H3. The summed E-state index contributed by atoms with van der Waals surface area (Å²) in [5.74, 6) is 0.919. The van der Waals surface area contributed by atoms with Crippen molar-refractivity contribution < 1.29 is 0 Å². The minimum absolute atomic E-state index is 0.475. The lowest BCUT2D eigenvalue weighted by molar-refractivity contribution is 0.431. The van der Waals surface area contributed by atoms with Crippen molar-refractivity contribution in [3.8, 4) is 0 Å². The van der Waals surface area contributed by atoms with Gasteiger partial charge in [0.15, 0.2) is 0 Å². The van der Waals surface area contributed by atoms with Gasteiger partial charge in [0.2, 0.25) is 0 Å². The Kier molecular flexibility index (Phi) is 7.85. The van der Waals surface area contributed by atoms with E-state index in [0.29, 0.717) is 0 Å². The molecule has 0 bridgehead atoms. The highest BCUT2D eigenvalue weighted by Crippen LogP contribution is 2.35. The van der Waals surface area contributed by atoms with Crippen molar-refractivity contribution in [1.82, 2.24) is 0 Å². The van der Waals surface area contributed by atoms with E-state index >= 15 is 0 Å². The van der Waals surface area contributed by atoms with Crippen LogP contribution in [0.4, 0.5) is 0 Å². The fourth-order valence-electron chi connectivity index (χ4n) is 4.15. The van der Waals surface area contributed by atoms with Crippen molar-refractivity contribution in [2.45, 2.75) is 96.2 Å². The van der Waals surface area contributed by atoms with Crippen LogP contribution in [0.1, 0.15) is 77.0 Å². The van der Waals surface area contributed by atoms with E-state index in [2.05, 4.69) is 25.2 Å². The van der Waals surface area contributed by atoms with Crippen LogP contribution in [0.5, 0.6) is 0 Å². The van der Waals surface area contributed by atoms with E-state index in [4.69, 9.17) is 0 Å². The summed E-state index contributed by atoms with van der Waals surface area (Å²) in [6.07, 6.45) is 22.5. The van der Waals surface area contributed by atoms with E-state index in [1.807, 2.05) is 5.57 Å². The average molecular weight is 305 g/mol. The Morgan fingerprint density at radius 1 is 0.857 bits per heavy atom. The first kappa shape index (κ1) is 17.1. The van der Waals surface area contributed by atoms with E-state index < -0.39 is 8.80 Å². The van der Waals surface area contributed by atoms with E-state index in [1.165, 1.54) is 83.1 Å². The molecule has 0 spiro atoms. The topological polar surface area (TPSA) is 0 Å². The van der Waals surface area contributed by atoms with Gasteiger partial charge in [-0.1, -0.05) is 94.2 Å². The smallest absolute Gasteiger partial charge is 0.0352 e. The molecule has 1 heteroatoms. The molecule has 21 heavy (non-hydrogen) atoms. The van der Waals surface area contributed by atoms with Gasteiger partial charge >= 0.3 is 0 Å². The van der Waals surface area contributed by atoms with E-state index in [0.717, 1.165) is 5.92 Å². The zero-order chi connectivity index (χ0) is 14.9. The third-order valence-electron chi connectivity index (χ3n) is 5.30. The molecule has 0 N–H and O–H groups in total. The van der Waals surface area contributed by atoms with Crippen LogP contribution in [-0.2, 0) is 0 Å². The quantitative estimate of drug-likeness (QED) is 0.512. The summed E-state index contributed by atoms with van der Waals surface area (Å²) < 4.78 is 0. The number of hydrogen-bond acceptors (Lipinski definition) is 0. The first-order valence-electron chi connectivity index (χ1n) is 9.66. The summed E-state index contributed by atoms with van der Waals surface area (Å²) in [4.78, 5) is 0. The lowest BCUT2D eigenvalue weighted by Gasteiger charge is -2.22. The number of hydrogen-bond donors (Lipinski definition) is 0. The zero-order valence-corrected chi connectivity index (χ0v) is 15.7. The molecular formula is C20H36Si. The summed E-state index contributed by atoms with van der Waals surface area (Å²) in [6.45, 7) is 5.00. The predicted octanol–water partition coefficient (Wildman–Crippen LogP) is 6.65. The van der Waals surface area contributed by atoms with E-state index in [1.54, 1.807) is 5.57 Å². The van der Waals surface area contributed by atoms with Crippen LogP contribution in [0, 0.1) is 5.92 Å². The summed E-state index contributed by atoms with van der Waals surface area (Å²) in [5, 5.41) is 0. The van der Waals surface area contributed by atoms with Crippen LogP contribution in [0.15, 0.2) is 23.3 Å². The van der Waals surface area contributed by atoms with Gasteiger partial charge in [0, 0.05) is 8.80 Å². The molecule has 0 aliphatic heterocycles. The maximum Gasteiger partial charge on any atom is 0.0352 e. The maximum absolute atomic E-state index is 2.50. The molecule has 0 aromatic carbocycles. The van der Waals surface area contributed by atoms with Crippen LogP contribution >= 0.6 is 0 Å². The molecule has 0 saturated heterocycles. The van der Waals surface area contributed by atoms with Gasteiger partial charge in [-0.05, 0) is 31.2 Å². The molecule has 1 saturated carbocycles. The van der Waals surface area contributed by atoms with Crippen LogP contribution in [-0.4, -0.2) is 8.80 Å². The number of rotatable bonds is 3. The van der Waals surface area contributed by atoms with Gasteiger partial charge < -0.3 is 0 Å². The predicted molar refractivity (Wildman–Crippen MR) is 98.7 cm³/mol. The van der Waals surface area contributed by atoms with Gasteiger partial charge in [-0.3, -0.25) is 0 Å². The molecule has 0 atom stereocenters. The second-order valence-electron chi connectivity index (χ2n) is 7.71. The minimum atomic E-state index is -0.475. The van der Waals surface area contributed by atoms with E-state index in [9.17, 15) is 0 Å². The number of allylic oxidation sites excluding steroid dienone is 4. The molecule has 0 amide bonds. The third kappa shape index (κ3) is 6.14. The van der Waals surface area contributed by atoms with Crippen molar-refractivity contribution in [1.29, 1.82) is 0 Å². The average Bonchev–Trinajstić information content (AvgIpc) is 2.87. The van der Waals surface area contributed by atoms with Gasteiger partial charge in [-0.2, -0.15) is 0 Å². The Labute approximate surface area is 134 Å². The SMILES string of the molecule is C[SiH](C)CC1=C(C2CCCCCCCCCCC2)CC=C1. The second kappa shape index (κ2) is 9.66.